The molecule has 3 N–H and O–H groups in total. The monoisotopic (exact) mass is 839 g/mol. The average molecular weight is 840 g/mol. The summed E-state index contributed by atoms with van der Waals surface area (Å²) >= 11 is 0. The highest BCUT2D eigenvalue weighted by atomic mass is 32.2. The van der Waals surface area contributed by atoms with Crippen molar-refractivity contribution in [3.8, 4) is 5.75 Å². The average Bonchev–Trinajstić information content (AvgIpc) is 4.02. The first-order valence-electron chi connectivity index (χ1n) is 19.4. The van der Waals surface area contributed by atoms with E-state index < -0.39 is 91.1 Å². The maximum absolute atomic E-state index is 14.6. The predicted molar refractivity (Wildman–Crippen MR) is 198 cm³/mol. The van der Waals surface area contributed by atoms with Crippen LogP contribution in [-0.4, -0.2) is 88.4 Å². The largest absolute Gasteiger partial charge is 0.483 e. The fraction of sp³-hybridized carbons (Fsp3) is 0.615. The zero-order valence-corrected chi connectivity index (χ0v) is 33.3. The molecule has 3 aliphatic heterocycles. The van der Waals surface area contributed by atoms with Crippen LogP contribution in [0.3, 0.4) is 0 Å². The number of sulfonamides is 1. The number of carbonyl (C=O) groups excluding carboxylic acids is 4. The molecule has 3 fully saturated rings. The summed E-state index contributed by atoms with van der Waals surface area (Å²) in [6, 6.07) is -0.816. The Morgan fingerprint density at radius 1 is 1.05 bits per heavy atom. The number of benzene rings is 1. The van der Waals surface area contributed by atoms with Crippen molar-refractivity contribution in [3.63, 3.8) is 0 Å². The van der Waals surface area contributed by atoms with E-state index in [2.05, 4.69) is 20.3 Å². The van der Waals surface area contributed by atoms with Gasteiger partial charge in [0.1, 0.15) is 29.0 Å². The number of hydrogen-bond acceptors (Lipinski definition) is 9. The number of pyridine rings is 1. The maximum Gasteiger partial charge on any atom is 0.427 e. The molecule has 7 rings (SSSR count). The molecule has 1 saturated heterocycles. The molecular formula is C39H46F5N5O8S. The number of nitrogens with zero attached hydrogens (tertiary/aromatic N) is 2. The topological polar surface area (TPSA) is 173 Å². The number of allylic oxidation sites excluding steroid dienone is 1. The van der Waals surface area contributed by atoms with Crippen LogP contribution in [0.4, 0.5) is 26.7 Å². The van der Waals surface area contributed by atoms with E-state index in [4.69, 9.17) is 9.47 Å². The van der Waals surface area contributed by atoms with Crippen LogP contribution in [0, 0.1) is 24.5 Å². The van der Waals surface area contributed by atoms with Crippen LogP contribution in [-0.2, 0) is 35.6 Å². The Morgan fingerprint density at radius 2 is 1.76 bits per heavy atom. The van der Waals surface area contributed by atoms with E-state index in [9.17, 15) is 49.5 Å². The highest BCUT2D eigenvalue weighted by Gasteiger charge is 2.64. The molecule has 5 atom stereocenters. The second kappa shape index (κ2) is 14.3. The zero-order chi connectivity index (χ0) is 42.2. The Kier molecular flexibility index (Phi) is 10.3. The second-order valence-corrected chi connectivity index (χ2v) is 19.3. The number of ether oxygens (including phenoxy) is 2. The molecule has 19 heteroatoms. The Labute approximate surface area is 331 Å². The first kappa shape index (κ1) is 41.6. The fourth-order valence-electron chi connectivity index (χ4n) is 8.15. The Morgan fingerprint density at radius 3 is 2.45 bits per heavy atom. The van der Waals surface area contributed by atoms with E-state index in [1.54, 1.807) is 13.0 Å². The summed E-state index contributed by atoms with van der Waals surface area (Å²) in [5.41, 5.74) is -4.81. The van der Waals surface area contributed by atoms with Crippen molar-refractivity contribution in [3.05, 3.63) is 47.2 Å². The van der Waals surface area contributed by atoms with Crippen molar-refractivity contribution >= 4 is 44.7 Å². The molecule has 2 saturated carbocycles. The minimum Gasteiger partial charge on any atom is -0.483 e. The first-order chi connectivity index (χ1) is 27.0. The smallest absolute Gasteiger partial charge is 0.427 e. The minimum absolute atomic E-state index is 0.0195. The summed E-state index contributed by atoms with van der Waals surface area (Å²) in [5, 5.41) is 5.39. The van der Waals surface area contributed by atoms with Gasteiger partial charge in [-0.05, 0) is 85.1 Å². The number of alkyl carbamates (subject to hydrolysis) is 1. The maximum atomic E-state index is 14.6. The zero-order valence-electron chi connectivity index (χ0n) is 32.5. The van der Waals surface area contributed by atoms with Crippen LogP contribution in [0.5, 0.6) is 5.75 Å². The summed E-state index contributed by atoms with van der Waals surface area (Å²) in [6.45, 7) is 4.20. The predicted octanol–water partition coefficient (Wildman–Crippen LogP) is 5.32. The minimum atomic E-state index is -4.93. The van der Waals surface area contributed by atoms with Crippen LogP contribution in [0.2, 0.25) is 0 Å². The van der Waals surface area contributed by atoms with Crippen molar-refractivity contribution < 1.29 is 59.0 Å². The molecular weight excluding hydrogens is 794 g/mol. The molecule has 316 valence electrons. The van der Waals surface area contributed by atoms with E-state index in [1.807, 2.05) is 6.08 Å². The van der Waals surface area contributed by atoms with Gasteiger partial charge in [-0.15, -0.1) is 0 Å². The van der Waals surface area contributed by atoms with Crippen LogP contribution < -0.4 is 20.1 Å². The lowest BCUT2D eigenvalue weighted by Gasteiger charge is -2.37. The highest BCUT2D eigenvalue weighted by molar-refractivity contribution is 7.91. The summed E-state index contributed by atoms with van der Waals surface area (Å²) in [6.07, 6.45) is 0.185. The number of alkyl halides is 3. The van der Waals surface area contributed by atoms with Gasteiger partial charge in [0, 0.05) is 29.4 Å². The van der Waals surface area contributed by atoms with Crippen LogP contribution in [0.1, 0.15) is 96.2 Å². The SMILES string of the molecule is Cc1nc2cc(F)c(F)cc2c2c1OC1(CC2)CC2C(=O)NC3(C(=O)NS(=O)(=O)C4(C)CC4)CC3C=CCCCCCC(NC(=O)OC(C)(C)C(F)(F)F)C(=O)N2C1. The second-order valence-electron chi connectivity index (χ2n) is 17.1. The Hall–Kier alpha value is -4.55. The number of halogens is 5. The lowest BCUT2D eigenvalue weighted by molar-refractivity contribution is -0.244. The van der Waals surface area contributed by atoms with Crippen molar-refractivity contribution in [2.24, 2.45) is 5.92 Å². The van der Waals surface area contributed by atoms with Gasteiger partial charge in [0.05, 0.1) is 22.5 Å². The van der Waals surface area contributed by atoms with E-state index in [-0.39, 0.29) is 49.9 Å². The molecule has 1 aromatic heterocycles. The number of rotatable bonds is 5. The van der Waals surface area contributed by atoms with Crippen LogP contribution in [0.15, 0.2) is 24.3 Å². The van der Waals surface area contributed by atoms with Crippen molar-refractivity contribution in [2.45, 2.75) is 138 Å². The molecule has 13 nitrogen and oxygen atoms in total. The van der Waals surface area contributed by atoms with Gasteiger partial charge in [-0.2, -0.15) is 13.2 Å². The molecule has 4 heterocycles. The lowest BCUT2D eigenvalue weighted by Crippen LogP contribution is -2.59. The molecule has 0 radical (unpaired) electrons. The summed E-state index contributed by atoms with van der Waals surface area (Å²) < 4.78 is 108. The lowest BCUT2D eigenvalue weighted by atomic mass is 9.87. The van der Waals surface area contributed by atoms with Crippen LogP contribution >= 0.6 is 0 Å². The van der Waals surface area contributed by atoms with E-state index in [0.29, 0.717) is 69.0 Å². The summed E-state index contributed by atoms with van der Waals surface area (Å²) in [7, 11) is -4.11. The van der Waals surface area contributed by atoms with Crippen molar-refractivity contribution in [1.82, 2.24) is 25.2 Å². The molecule has 4 amide bonds. The number of carbonyl (C=O) groups is 4. The third kappa shape index (κ3) is 7.58. The quantitative estimate of drug-likeness (QED) is 0.266. The number of hydrogen-bond donors (Lipinski definition) is 3. The molecule has 2 aromatic rings. The standard InChI is InChI=1S/C39H46F5N5O8S/c1-21-30-23(24-16-25(40)26(41)17-28(24)45-21)12-13-37(56-30)19-29-31(50)47-38(33(52)48-58(54,55)36(4)14-15-36)18-22(38)10-8-6-5-7-9-11-27(32(51)49(29)20-37)46-34(53)57-35(2,3)39(42,43)44/h8,10,16-17,22,27,29H,5-7,9,11-15,18-20H2,1-4H3,(H,46,53)(H,47,50)(H,48,52). The molecule has 1 aromatic carbocycles. The number of fused-ring (bicyclic) bond motifs is 5. The Bertz CT molecular complexity index is 2210. The van der Waals surface area contributed by atoms with Gasteiger partial charge in [-0.25, -0.2) is 27.0 Å². The van der Waals surface area contributed by atoms with E-state index in [1.165, 1.54) is 11.8 Å². The number of aromatic nitrogens is 1. The van der Waals surface area contributed by atoms with Gasteiger partial charge in [0.15, 0.2) is 11.6 Å². The molecule has 58 heavy (non-hydrogen) atoms. The third-order valence-electron chi connectivity index (χ3n) is 12.3. The van der Waals surface area contributed by atoms with Gasteiger partial charge in [0.2, 0.25) is 27.4 Å². The summed E-state index contributed by atoms with van der Waals surface area (Å²) in [5.74, 6) is -5.05. The highest BCUT2D eigenvalue weighted by Crippen LogP contribution is 2.49. The summed E-state index contributed by atoms with van der Waals surface area (Å²) in [4.78, 5) is 61.7. The first-order valence-corrected chi connectivity index (χ1v) is 20.9. The fourth-order valence-corrected chi connectivity index (χ4v) is 9.46. The van der Waals surface area contributed by atoms with Gasteiger partial charge >= 0.3 is 12.3 Å². The van der Waals surface area contributed by atoms with E-state index in [0.717, 1.165) is 12.1 Å². The van der Waals surface area contributed by atoms with Crippen molar-refractivity contribution in [2.75, 3.05) is 6.54 Å². The number of nitrogens with one attached hydrogen (secondary N) is 3. The Balaban J connectivity index is 1.24. The molecule has 1 spiro atoms. The van der Waals surface area contributed by atoms with Crippen LogP contribution in [0.25, 0.3) is 10.9 Å². The molecule has 5 unspecified atom stereocenters. The molecule has 5 aliphatic rings. The molecule has 2 aliphatic carbocycles. The van der Waals surface area contributed by atoms with Gasteiger partial charge in [-0.1, -0.05) is 25.0 Å². The normalized spacial score (nSPS) is 28.6. The van der Waals surface area contributed by atoms with Crippen molar-refractivity contribution in [1.29, 1.82) is 0 Å². The number of amides is 4. The van der Waals surface area contributed by atoms with Gasteiger partial charge < -0.3 is 25.0 Å². The van der Waals surface area contributed by atoms with Gasteiger partial charge in [0.25, 0.3) is 5.91 Å². The number of aryl methyl sites for hydroxylation is 2. The van der Waals surface area contributed by atoms with E-state index >= 15 is 0 Å². The molecule has 0 bridgehead atoms. The third-order valence-corrected chi connectivity index (χ3v) is 14.5. The van der Waals surface area contributed by atoms with Gasteiger partial charge in [-0.3, -0.25) is 19.1 Å².